The average molecular weight is 508 g/mol. The molecule has 0 radical (unpaired) electrons. The molecule has 0 fully saturated rings. The van der Waals surface area contributed by atoms with Crippen LogP contribution < -0.4 is 11.1 Å². The zero-order chi connectivity index (χ0) is 26.5. The number of methoxy groups -OCH3 is 1. The predicted octanol–water partition coefficient (Wildman–Crippen LogP) is 2.47. The molecule has 0 unspecified atom stereocenters. The van der Waals surface area contributed by atoms with E-state index in [0.29, 0.717) is 17.0 Å². The second kappa shape index (κ2) is 10.9. The van der Waals surface area contributed by atoms with E-state index in [2.05, 4.69) is 25.4 Å². The van der Waals surface area contributed by atoms with Crippen molar-refractivity contribution >= 4 is 29.7 Å². The van der Waals surface area contributed by atoms with E-state index in [1.165, 1.54) is 30.5 Å². The van der Waals surface area contributed by atoms with Crippen LogP contribution in [0.15, 0.2) is 52.9 Å². The molecule has 3 aromatic rings. The number of carbonyl (C=O) groups excluding carboxylic acids is 1. The number of amides is 1. The summed E-state index contributed by atoms with van der Waals surface area (Å²) < 4.78 is 33.9. The fourth-order valence-corrected chi connectivity index (χ4v) is 3.79. The topological polar surface area (TPSA) is 147 Å². The van der Waals surface area contributed by atoms with Gasteiger partial charge in [-0.25, -0.2) is 18.8 Å². The SMILES string of the molecule is COC[C@H]1CC(C=Nc2nc(Nc3ccnn3C)ncc2C#N)=C(N)C(=O)N1Cc1ccc(F)c(F)c1. The van der Waals surface area contributed by atoms with Gasteiger partial charge in [0.2, 0.25) is 5.95 Å². The lowest BCUT2D eigenvalue weighted by atomic mass is 9.97. The zero-order valence-electron chi connectivity index (χ0n) is 20.0. The second-order valence-electron chi connectivity index (χ2n) is 8.20. The zero-order valence-corrected chi connectivity index (χ0v) is 20.0. The molecule has 0 bridgehead atoms. The number of halogens is 2. The lowest BCUT2D eigenvalue weighted by molar-refractivity contribution is -0.132. The van der Waals surface area contributed by atoms with E-state index in [4.69, 9.17) is 10.5 Å². The number of nitrogens with one attached hydrogen (secondary N) is 1. The monoisotopic (exact) mass is 507 g/mol. The van der Waals surface area contributed by atoms with E-state index in [9.17, 15) is 18.8 Å². The van der Waals surface area contributed by atoms with Gasteiger partial charge in [-0.15, -0.1) is 0 Å². The number of hydrogen-bond donors (Lipinski definition) is 2. The highest BCUT2D eigenvalue weighted by molar-refractivity contribution is 6.01. The number of anilines is 2. The van der Waals surface area contributed by atoms with Gasteiger partial charge in [-0.2, -0.15) is 15.3 Å². The van der Waals surface area contributed by atoms with Crippen LogP contribution in [0.4, 0.5) is 26.4 Å². The van der Waals surface area contributed by atoms with Crippen LogP contribution in [0.3, 0.4) is 0 Å². The molecule has 190 valence electrons. The highest BCUT2D eigenvalue weighted by Gasteiger charge is 2.33. The van der Waals surface area contributed by atoms with E-state index >= 15 is 0 Å². The van der Waals surface area contributed by atoms with E-state index in [0.717, 1.165) is 12.1 Å². The van der Waals surface area contributed by atoms with Gasteiger partial charge in [0.25, 0.3) is 5.91 Å². The van der Waals surface area contributed by atoms with Gasteiger partial charge < -0.3 is 20.7 Å². The van der Waals surface area contributed by atoms with Crippen LogP contribution in [0.2, 0.25) is 0 Å². The normalized spacial score (nSPS) is 15.9. The van der Waals surface area contributed by atoms with E-state index in [1.54, 1.807) is 24.0 Å². The summed E-state index contributed by atoms with van der Waals surface area (Å²) in [5.41, 5.74) is 7.06. The fraction of sp³-hybridized carbons (Fsp3) is 0.250. The number of hydrogen-bond acceptors (Lipinski definition) is 9. The lowest BCUT2D eigenvalue weighted by Gasteiger charge is -2.36. The Balaban J connectivity index is 1.60. The molecule has 0 saturated carbocycles. The molecule has 13 heteroatoms. The van der Waals surface area contributed by atoms with Gasteiger partial charge in [-0.1, -0.05) is 6.07 Å². The molecule has 1 atom stereocenters. The molecule has 0 saturated heterocycles. The first-order chi connectivity index (χ1) is 17.8. The van der Waals surface area contributed by atoms with Crippen molar-refractivity contribution < 1.29 is 18.3 Å². The quantitative estimate of drug-likeness (QED) is 0.442. The van der Waals surface area contributed by atoms with Crippen molar-refractivity contribution in [2.45, 2.75) is 19.0 Å². The first-order valence-corrected chi connectivity index (χ1v) is 11.1. The maximum Gasteiger partial charge on any atom is 0.270 e. The molecule has 1 amide bonds. The van der Waals surface area contributed by atoms with Crippen molar-refractivity contribution in [3.63, 3.8) is 0 Å². The molecule has 0 spiro atoms. The van der Waals surface area contributed by atoms with Crippen LogP contribution in [0.5, 0.6) is 0 Å². The molecule has 11 nitrogen and oxygen atoms in total. The molecule has 3 N–H and O–H groups in total. The van der Waals surface area contributed by atoms with Crippen LogP contribution in [0.1, 0.15) is 17.5 Å². The van der Waals surface area contributed by atoms with Gasteiger partial charge in [0.1, 0.15) is 23.1 Å². The number of aliphatic imine (C=N–C) groups is 1. The van der Waals surface area contributed by atoms with Crippen LogP contribution >= 0.6 is 0 Å². The number of ether oxygens (including phenoxy) is 1. The summed E-state index contributed by atoms with van der Waals surface area (Å²) in [5, 5.41) is 16.5. The molecule has 1 aliphatic heterocycles. The molecule has 37 heavy (non-hydrogen) atoms. The minimum atomic E-state index is -1.00. The first kappa shape index (κ1) is 25.4. The molecule has 2 aromatic heterocycles. The number of aryl methyl sites for hydroxylation is 1. The molecule has 4 rings (SSSR count). The van der Waals surface area contributed by atoms with Crippen molar-refractivity contribution in [3.05, 3.63) is 70.7 Å². The third-order valence-corrected chi connectivity index (χ3v) is 5.72. The number of benzene rings is 1. The summed E-state index contributed by atoms with van der Waals surface area (Å²) in [6, 6.07) is 6.73. The minimum absolute atomic E-state index is 0.0166. The van der Waals surface area contributed by atoms with Crippen LogP contribution in [-0.4, -0.2) is 56.5 Å². The summed E-state index contributed by atoms with van der Waals surface area (Å²) in [4.78, 5) is 27.3. The molecular weight excluding hydrogens is 484 g/mol. The number of rotatable bonds is 8. The van der Waals surface area contributed by atoms with E-state index < -0.39 is 23.6 Å². The van der Waals surface area contributed by atoms with Crippen LogP contribution in [0, 0.1) is 23.0 Å². The Kier molecular flexibility index (Phi) is 7.49. The Morgan fingerprint density at radius 2 is 2.16 bits per heavy atom. The molecule has 1 aliphatic rings. The highest BCUT2D eigenvalue weighted by Crippen LogP contribution is 2.26. The second-order valence-corrected chi connectivity index (χ2v) is 8.20. The average Bonchev–Trinajstić information content (AvgIpc) is 3.29. The predicted molar refractivity (Wildman–Crippen MR) is 130 cm³/mol. The largest absolute Gasteiger partial charge is 0.394 e. The Morgan fingerprint density at radius 1 is 1.35 bits per heavy atom. The Hall–Kier alpha value is -4.70. The standard InChI is InChI=1S/C24H23F2N9O2/c1-34-20(5-6-31-34)32-24-30-11-16(9-27)22(33-24)29-10-15-8-17(13-37-2)35(23(36)21(15)28)12-14-3-4-18(25)19(26)7-14/h3-7,10-11,17H,8,12-13,28H2,1-2H3,(H,30,32,33)/t17-/m1/s1. The molecule has 0 aliphatic carbocycles. The summed E-state index contributed by atoms with van der Waals surface area (Å²) in [5.74, 6) is -1.56. The van der Waals surface area contributed by atoms with Gasteiger partial charge in [-0.05, 0) is 24.1 Å². The number of carbonyl (C=O) groups is 1. The summed E-state index contributed by atoms with van der Waals surface area (Å²) in [6.45, 7) is 0.193. The molecular formula is C24H23F2N9O2. The van der Waals surface area contributed by atoms with Crippen molar-refractivity contribution in [1.82, 2.24) is 24.6 Å². The Morgan fingerprint density at radius 3 is 2.84 bits per heavy atom. The van der Waals surface area contributed by atoms with Gasteiger partial charge in [0, 0.05) is 38.6 Å². The number of aromatic nitrogens is 4. The third kappa shape index (κ3) is 5.60. The van der Waals surface area contributed by atoms with Crippen molar-refractivity contribution in [3.8, 4) is 6.07 Å². The van der Waals surface area contributed by atoms with Gasteiger partial charge in [0.05, 0.1) is 25.0 Å². The number of nitriles is 1. The first-order valence-electron chi connectivity index (χ1n) is 11.1. The van der Waals surface area contributed by atoms with E-state index in [-0.39, 0.29) is 42.6 Å². The molecule has 3 heterocycles. The summed E-state index contributed by atoms with van der Waals surface area (Å²) >= 11 is 0. The van der Waals surface area contributed by atoms with Gasteiger partial charge in [0.15, 0.2) is 17.5 Å². The smallest absolute Gasteiger partial charge is 0.270 e. The Bertz CT molecular complexity index is 1430. The number of nitrogens with zero attached hydrogens (tertiary/aromatic N) is 7. The molecule has 1 aromatic carbocycles. The maximum atomic E-state index is 13.7. The number of nitrogens with two attached hydrogens (primary N) is 1. The van der Waals surface area contributed by atoms with Crippen LogP contribution in [0.25, 0.3) is 0 Å². The lowest BCUT2D eigenvalue weighted by Crippen LogP contribution is -2.48. The fourth-order valence-electron chi connectivity index (χ4n) is 3.79. The minimum Gasteiger partial charge on any atom is -0.394 e. The van der Waals surface area contributed by atoms with Crippen molar-refractivity contribution in [2.24, 2.45) is 17.8 Å². The van der Waals surface area contributed by atoms with Crippen molar-refractivity contribution in [2.75, 3.05) is 19.0 Å². The van der Waals surface area contributed by atoms with Crippen LogP contribution in [-0.2, 0) is 23.1 Å². The third-order valence-electron chi connectivity index (χ3n) is 5.72. The van der Waals surface area contributed by atoms with Gasteiger partial charge in [-0.3, -0.25) is 9.48 Å². The highest BCUT2D eigenvalue weighted by atomic mass is 19.2. The summed E-state index contributed by atoms with van der Waals surface area (Å²) in [7, 11) is 3.24. The van der Waals surface area contributed by atoms with Gasteiger partial charge >= 0.3 is 0 Å². The Labute approximate surface area is 210 Å². The van der Waals surface area contributed by atoms with E-state index in [1.807, 2.05) is 6.07 Å². The van der Waals surface area contributed by atoms with Crippen molar-refractivity contribution in [1.29, 1.82) is 5.26 Å². The summed E-state index contributed by atoms with van der Waals surface area (Å²) in [6.07, 6.45) is 4.61. The maximum absolute atomic E-state index is 13.7.